The minimum Gasteiger partial charge on any atom is -0.369 e. The first-order valence-electron chi connectivity index (χ1n) is 10.6. The van der Waals surface area contributed by atoms with Gasteiger partial charge in [-0.05, 0) is 50.2 Å². The summed E-state index contributed by atoms with van der Waals surface area (Å²) in [6.07, 6.45) is 0.822. The summed E-state index contributed by atoms with van der Waals surface area (Å²) in [4.78, 5) is 17.0. The van der Waals surface area contributed by atoms with Crippen LogP contribution in [-0.4, -0.2) is 64.2 Å². The van der Waals surface area contributed by atoms with Crippen molar-refractivity contribution in [3.8, 4) is 0 Å². The maximum Gasteiger partial charge on any atom is 0.221 e. The van der Waals surface area contributed by atoms with Crippen LogP contribution >= 0.6 is 11.6 Å². The Morgan fingerprint density at radius 3 is 2.45 bits per heavy atom. The van der Waals surface area contributed by atoms with Crippen LogP contribution in [0.25, 0.3) is 0 Å². The zero-order valence-electron chi connectivity index (χ0n) is 17.9. The number of carbonyl (C=O) groups excluding carboxylic acids is 1. The van der Waals surface area contributed by atoms with Gasteiger partial charge in [0, 0.05) is 49.9 Å². The van der Waals surface area contributed by atoms with Gasteiger partial charge in [-0.2, -0.15) is 0 Å². The van der Waals surface area contributed by atoms with Crippen LogP contribution in [0.15, 0.2) is 53.4 Å². The molecule has 1 amide bonds. The average Bonchev–Trinajstić information content (AvgIpc) is 2.76. The van der Waals surface area contributed by atoms with E-state index in [1.165, 1.54) is 0 Å². The third-order valence-electron chi connectivity index (χ3n) is 5.50. The van der Waals surface area contributed by atoms with Gasteiger partial charge >= 0.3 is 0 Å². The fourth-order valence-electron chi connectivity index (χ4n) is 3.61. The monoisotopic (exact) mass is 463 g/mol. The van der Waals surface area contributed by atoms with Crippen molar-refractivity contribution in [2.75, 3.05) is 49.9 Å². The second-order valence-electron chi connectivity index (χ2n) is 7.89. The zero-order chi connectivity index (χ0) is 22.3. The molecule has 1 heterocycles. The molecule has 2 aromatic rings. The molecule has 0 unspecified atom stereocenters. The maximum absolute atomic E-state index is 12.3. The van der Waals surface area contributed by atoms with Crippen molar-refractivity contribution in [2.45, 2.75) is 24.7 Å². The Morgan fingerprint density at radius 2 is 1.77 bits per heavy atom. The number of nitrogens with one attached hydrogen (secondary N) is 1. The number of benzene rings is 2. The lowest BCUT2D eigenvalue weighted by atomic mass is 10.2. The van der Waals surface area contributed by atoms with Crippen LogP contribution in [0, 0.1) is 6.92 Å². The number of carbonyl (C=O) groups is 1. The molecule has 31 heavy (non-hydrogen) atoms. The molecule has 0 radical (unpaired) electrons. The lowest BCUT2D eigenvalue weighted by molar-refractivity contribution is -0.120. The topological polar surface area (TPSA) is 69.7 Å². The van der Waals surface area contributed by atoms with Crippen LogP contribution in [0.4, 0.5) is 5.69 Å². The van der Waals surface area contributed by atoms with Gasteiger partial charge in [0.1, 0.15) is 0 Å². The van der Waals surface area contributed by atoms with Crippen LogP contribution in [0.3, 0.4) is 0 Å². The first-order valence-corrected chi connectivity index (χ1v) is 12.7. The molecular weight excluding hydrogens is 434 g/mol. The van der Waals surface area contributed by atoms with E-state index in [2.05, 4.69) is 21.2 Å². The van der Waals surface area contributed by atoms with Crippen molar-refractivity contribution in [2.24, 2.45) is 0 Å². The molecular formula is C23H30ClN3O3S. The average molecular weight is 464 g/mol. The van der Waals surface area contributed by atoms with E-state index in [1.54, 1.807) is 24.3 Å². The van der Waals surface area contributed by atoms with Crippen LogP contribution in [0.2, 0.25) is 5.02 Å². The summed E-state index contributed by atoms with van der Waals surface area (Å²) in [5.41, 5.74) is 2.16. The number of sulfone groups is 1. The Kier molecular flexibility index (Phi) is 8.35. The number of amides is 1. The Morgan fingerprint density at radius 1 is 1.06 bits per heavy atom. The number of halogens is 1. The summed E-state index contributed by atoms with van der Waals surface area (Å²) < 4.78 is 24.7. The highest BCUT2D eigenvalue weighted by Gasteiger charge is 2.18. The molecule has 1 saturated heterocycles. The number of hydrogen-bond acceptors (Lipinski definition) is 5. The van der Waals surface area contributed by atoms with Gasteiger partial charge in [0.25, 0.3) is 0 Å². The van der Waals surface area contributed by atoms with Gasteiger partial charge in [0.2, 0.25) is 5.91 Å². The molecule has 1 fully saturated rings. The molecule has 1 aliphatic rings. The summed E-state index contributed by atoms with van der Waals surface area (Å²) in [7, 11) is -3.43. The molecule has 0 bridgehead atoms. The smallest absolute Gasteiger partial charge is 0.221 e. The summed E-state index contributed by atoms with van der Waals surface area (Å²) in [5.74, 6) is -0.394. The summed E-state index contributed by atoms with van der Waals surface area (Å²) >= 11 is 6.08. The van der Waals surface area contributed by atoms with Crippen LogP contribution < -0.4 is 10.2 Å². The fourth-order valence-corrected chi connectivity index (χ4v) is 5.04. The second-order valence-corrected chi connectivity index (χ2v) is 10.4. The van der Waals surface area contributed by atoms with Gasteiger partial charge in [-0.25, -0.2) is 8.42 Å². The van der Waals surface area contributed by atoms with E-state index in [4.69, 9.17) is 11.6 Å². The SMILES string of the molecule is Cc1ccc(S(=O)(=O)CCC(=O)NCCCN2CCN(c3cccc(Cl)c3)CC2)cc1. The molecule has 3 rings (SSSR count). The number of hydrogen-bond donors (Lipinski definition) is 1. The molecule has 0 spiro atoms. The Hall–Kier alpha value is -2.09. The Bertz CT molecular complexity index is 972. The molecule has 0 atom stereocenters. The summed E-state index contributed by atoms with van der Waals surface area (Å²) in [6.45, 7) is 7.20. The van der Waals surface area contributed by atoms with Crippen molar-refractivity contribution in [1.82, 2.24) is 10.2 Å². The highest BCUT2D eigenvalue weighted by molar-refractivity contribution is 7.91. The van der Waals surface area contributed by atoms with Gasteiger partial charge in [0.15, 0.2) is 9.84 Å². The quantitative estimate of drug-likeness (QED) is 0.578. The molecule has 6 nitrogen and oxygen atoms in total. The van der Waals surface area contributed by atoms with E-state index in [-0.39, 0.29) is 23.0 Å². The summed E-state index contributed by atoms with van der Waals surface area (Å²) in [6, 6.07) is 14.6. The first-order chi connectivity index (χ1) is 14.8. The predicted molar refractivity (Wildman–Crippen MR) is 126 cm³/mol. The molecule has 0 aliphatic carbocycles. The molecule has 0 aromatic heterocycles. The van der Waals surface area contributed by atoms with E-state index < -0.39 is 9.84 Å². The van der Waals surface area contributed by atoms with Crippen molar-refractivity contribution >= 4 is 33.0 Å². The van der Waals surface area contributed by atoms with E-state index >= 15 is 0 Å². The largest absolute Gasteiger partial charge is 0.369 e. The van der Waals surface area contributed by atoms with Gasteiger partial charge in [-0.3, -0.25) is 9.69 Å². The van der Waals surface area contributed by atoms with Crippen molar-refractivity contribution < 1.29 is 13.2 Å². The standard InChI is InChI=1S/C23H30ClN3O3S/c1-19-6-8-22(9-7-19)31(29,30)17-10-23(28)25-11-3-12-26-13-15-27(16-14-26)21-5-2-4-20(24)18-21/h2,4-9,18H,3,10-17H2,1H3,(H,25,28). The highest BCUT2D eigenvalue weighted by atomic mass is 35.5. The zero-order valence-corrected chi connectivity index (χ0v) is 19.5. The van der Waals surface area contributed by atoms with Crippen molar-refractivity contribution in [3.05, 3.63) is 59.1 Å². The lowest BCUT2D eigenvalue weighted by Crippen LogP contribution is -2.47. The predicted octanol–water partition coefficient (Wildman–Crippen LogP) is 3.14. The van der Waals surface area contributed by atoms with E-state index in [0.29, 0.717) is 6.54 Å². The van der Waals surface area contributed by atoms with Gasteiger partial charge < -0.3 is 10.2 Å². The number of anilines is 1. The minimum atomic E-state index is -3.43. The maximum atomic E-state index is 12.3. The molecule has 2 aromatic carbocycles. The fraction of sp³-hybridized carbons (Fsp3) is 0.435. The molecule has 1 aliphatic heterocycles. The normalized spacial score (nSPS) is 15.1. The van der Waals surface area contributed by atoms with Crippen molar-refractivity contribution in [3.63, 3.8) is 0 Å². The Labute approximate surface area is 190 Å². The van der Waals surface area contributed by atoms with Crippen LogP contribution in [0.5, 0.6) is 0 Å². The third-order valence-corrected chi connectivity index (χ3v) is 7.46. The second kappa shape index (κ2) is 11.0. The van der Waals surface area contributed by atoms with Crippen LogP contribution in [0.1, 0.15) is 18.4 Å². The number of rotatable bonds is 9. The molecule has 168 valence electrons. The van der Waals surface area contributed by atoms with Gasteiger partial charge in [-0.15, -0.1) is 0 Å². The molecule has 0 saturated carbocycles. The van der Waals surface area contributed by atoms with Gasteiger partial charge in [0.05, 0.1) is 10.6 Å². The summed E-state index contributed by atoms with van der Waals surface area (Å²) in [5, 5.41) is 3.59. The number of aryl methyl sites for hydroxylation is 1. The van der Waals surface area contributed by atoms with E-state index in [9.17, 15) is 13.2 Å². The van der Waals surface area contributed by atoms with E-state index in [0.717, 1.165) is 55.4 Å². The highest BCUT2D eigenvalue weighted by Crippen LogP contribution is 2.20. The minimum absolute atomic E-state index is 0.0193. The Balaban J connectivity index is 1.31. The number of nitrogens with zero attached hydrogens (tertiary/aromatic N) is 2. The van der Waals surface area contributed by atoms with Crippen molar-refractivity contribution in [1.29, 1.82) is 0 Å². The number of piperazine rings is 1. The molecule has 1 N–H and O–H groups in total. The third kappa shape index (κ3) is 7.23. The molecule has 8 heteroatoms. The first kappa shape index (κ1) is 23.6. The van der Waals surface area contributed by atoms with Gasteiger partial charge in [-0.1, -0.05) is 35.4 Å². The van der Waals surface area contributed by atoms with Crippen LogP contribution in [-0.2, 0) is 14.6 Å². The van der Waals surface area contributed by atoms with E-state index in [1.807, 2.05) is 25.1 Å². The lowest BCUT2D eigenvalue weighted by Gasteiger charge is -2.36.